The molecule has 0 saturated carbocycles. The van der Waals surface area contributed by atoms with Crippen molar-refractivity contribution in [1.82, 2.24) is 19.6 Å². The number of aryl methyl sites for hydroxylation is 1. The summed E-state index contributed by atoms with van der Waals surface area (Å²) in [5.74, 6) is 0.113. The first kappa shape index (κ1) is 18.7. The van der Waals surface area contributed by atoms with Crippen molar-refractivity contribution in [3.8, 4) is 5.69 Å². The summed E-state index contributed by atoms with van der Waals surface area (Å²) in [6.45, 7) is 12.1. The summed E-state index contributed by atoms with van der Waals surface area (Å²) in [7, 11) is 0. The Balaban J connectivity index is 1.51. The van der Waals surface area contributed by atoms with Gasteiger partial charge in [0.15, 0.2) is 0 Å². The highest BCUT2D eigenvalue weighted by molar-refractivity contribution is 5.94. The second-order valence-corrected chi connectivity index (χ2v) is 8.51. The van der Waals surface area contributed by atoms with Gasteiger partial charge >= 0.3 is 0 Å². The van der Waals surface area contributed by atoms with Crippen LogP contribution in [0.2, 0.25) is 0 Å². The van der Waals surface area contributed by atoms with Gasteiger partial charge in [0.2, 0.25) is 0 Å². The van der Waals surface area contributed by atoms with Crippen molar-refractivity contribution in [1.29, 1.82) is 0 Å². The second kappa shape index (κ2) is 7.06. The molecular weight excluding hydrogens is 348 g/mol. The summed E-state index contributed by atoms with van der Waals surface area (Å²) in [6.07, 6.45) is 0. The molecular formula is C23H28N4O. The molecule has 3 aromatic rings. The maximum absolute atomic E-state index is 12.9. The summed E-state index contributed by atoms with van der Waals surface area (Å²) >= 11 is 0. The number of hydrogen-bond donors (Lipinski definition) is 0. The Morgan fingerprint density at radius 1 is 0.929 bits per heavy atom. The van der Waals surface area contributed by atoms with Gasteiger partial charge in [0.05, 0.1) is 16.9 Å². The molecule has 2 heterocycles. The van der Waals surface area contributed by atoms with E-state index in [1.807, 2.05) is 52.9 Å². The van der Waals surface area contributed by atoms with E-state index in [-0.39, 0.29) is 11.4 Å². The molecule has 1 fully saturated rings. The Kier molecular flexibility index (Phi) is 4.71. The lowest BCUT2D eigenvalue weighted by Gasteiger charge is -2.42. The summed E-state index contributed by atoms with van der Waals surface area (Å²) in [5.41, 5.74) is 3.95. The molecule has 4 rings (SSSR count). The monoisotopic (exact) mass is 376 g/mol. The molecule has 5 heteroatoms. The number of hydrogen-bond acceptors (Lipinski definition) is 3. The summed E-state index contributed by atoms with van der Waals surface area (Å²) in [4.78, 5) is 17.3. The molecule has 0 radical (unpaired) electrons. The maximum atomic E-state index is 12.9. The first-order valence-corrected chi connectivity index (χ1v) is 9.94. The van der Waals surface area contributed by atoms with E-state index >= 15 is 0 Å². The Bertz CT molecular complexity index is 990. The first-order valence-electron chi connectivity index (χ1n) is 9.94. The minimum atomic E-state index is 0.113. The minimum Gasteiger partial charge on any atom is -0.336 e. The fourth-order valence-corrected chi connectivity index (χ4v) is 3.93. The quantitative estimate of drug-likeness (QED) is 0.681. The van der Waals surface area contributed by atoms with Crippen LogP contribution in [0.25, 0.3) is 16.6 Å². The highest BCUT2D eigenvalue weighted by Crippen LogP contribution is 2.22. The number of rotatable bonds is 2. The topological polar surface area (TPSA) is 41.4 Å². The van der Waals surface area contributed by atoms with E-state index in [2.05, 4.69) is 42.9 Å². The average molecular weight is 377 g/mol. The van der Waals surface area contributed by atoms with Crippen molar-refractivity contribution in [3.05, 3.63) is 59.8 Å². The fraction of sp³-hybridized carbons (Fsp3) is 0.391. The lowest BCUT2D eigenvalue weighted by Crippen LogP contribution is -2.54. The zero-order valence-corrected chi connectivity index (χ0v) is 17.1. The third kappa shape index (κ3) is 3.42. The first-order chi connectivity index (χ1) is 13.3. The molecule has 0 aliphatic carbocycles. The van der Waals surface area contributed by atoms with E-state index < -0.39 is 0 Å². The van der Waals surface area contributed by atoms with Crippen molar-refractivity contribution >= 4 is 16.8 Å². The van der Waals surface area contributed by atoms with Gasteiger partial charge in [0.1, 0.15) is 0 Å². The highest BCUT2D eigenvalue weighted by Gasteiger charge is 2.28. The molecule has 0 bridgehead atoms. The van der Waals surface area contributed by atoms with Crippen LogP contribution in [0.3, 0.4) is 0 Å². The molecule has 28 heavy (non-hydrogen) atoms. The number of aromatic nitrogens is 2. The van der Waals surface area contributed by atoms with Gasteiger partial charge in [-0.2, -0.15) is 5.10 Å². The van der Waals surface area contributed by atoms with Crippen LogP contribution in [-0.2, 0) is 0 Å². The van der Waals surface area contributed by atoms with Crippen LogP contribution in [0.5, 0.6) is 0 Å². The van der Waals surface area contributed by atoms with Crippen LogP contribution in [0.1, 0.15) is 36.8 Å². The largest absolute Gasteiger partial charge is 0.336 e. The molecule has 1 aromatic heterocycles. The normalized spacial score (nSPS) is 15.9. The average Bonchev–Trinajstić information content (AvgIpc) is 3.04. The summed E-state index contributed by atoms with van der Waals surface area (Å²) in [5, 5.41) is 5.82. The van der Waals surface area contributed by atoms with Gasteiger partial charge in [-0.15, -0.1) is 0 Å². The zero-order chi connectivity index (χ0) is 19.9. The maximum Gasteiger partial charge on any atom is 0.253 e. The van der Waals surface area contributed by atoms with Crippen LogP contribution >= 0.6 is 0 Å². The van der Waals surface area contributed by atoms with Gasteiger partial charge in [-0.25, -0.2) is 4.68 Å². The smallest absolute Gasteiger partial charge is 0.253 e. The van der Waals surface area contributed by atoms with Gasteiger partial charge in [-0.1, -0.05) is 18.2 Å². The third-order valence-electron chi connectivity index (χ3n) is 5.65. The molecule has 1 aliphatic heterocycles. The van der Waals surface area contributed by atoms with Crippen LogP contribution in [0.4, 0.5) is 0 Å². The summed E-state index contributed by atoms with van der Waals surface area (Å²) < 4.78 is 1.95. The van der Waals surface area contributed by atoms with Gasteiger partial charge in [-0.3, -0.25) is 9.69 Å². The fourth-order valence-electron chi connectivity index (χ4n) is 3.93. The van der Waals surface area contributed by atoms with Crippen molar-refractivity contribution in [2.75, 3.05) is 26.2 Å². The van der Waals surface area contributed by atoms with Crippen LogP contribution in [0.15, 0.2) is 48.5 Å². The van der Waals surface area contributed by atoms with Gasteiger partial charge in [0.25, 0.3) is 5.91 Å². The van der Waals surface area contributed by atoms with E-state index in [0.29, 0.717) is 0 Å². The Morgan fingerprint density at radius 2 is 1.57 bits per heavy atom. The number of amides is 1. The van der Waals surface area contributed by atoms with E-state index in [1.165, 1.54) is 0 Å². The number of para-hydroxylation sites is 1. The number of piperazine rings is 1. The van der Waals surface area contributed by atoms with Crippen molar-refractivity contribution in [2.45, 2.75) is 33.2 Å². The van der Waals surface area contributed by atoms with E-state index in [9.17, 15) is 4.79 Å². The Labute approximate surface area is 166 Å². The summed E-state index contributed by atoms with van der Waals surface area (Å²) in [6, 6.07) is 16.0. The number of fused-ring (bicyclic) bond motifs is 1. The molecule has 0 spiro atoms. The third-order valence-corrected chi connectivity index (χ3v) is 5.65. The minimum absolute atomic E-state index is 0.113. The SMILES string of the molecule is Cc1nn(-c2ccc(C(=O)N3CCN(C(C)(C)C)CC3)cc2)c2ccccc12. The van der Waals surface area contributed by atoms with Crippen molar-refractivity contribution < 1.29 is 4.79 Å². The van der Waals surface area contributed by atoms with E-state index in [1.54, 1.807) is 0 Å². The second-order valence-electron chi connectivity index (χ2n) is 8.51. The van der Waals surface area contributed by atoms with E-state index in [4.69, 9.17) is 0 Å². The highest BCUT2D eigenvalue weighted by atomic mass is 16.2. The van der Waals surface area contributed by atoms with Crippen molar-refractivity contribution in [2.24, 2.45) is 0 Å². The predicted octanol–water partition coefficient (Wildman–Crippen LogP) is 3.89. The molecule has 0 unspecified atom stereocenters. The predicted molar refractivity (Wildman–Crippen MR) is 113 cm³/mol. The number of nitrogens with zero attached hydrogens (tertiary/aromatic N) is 4. The van der Waals surface area contributed by atoms with Gasteiger partial charge < -0.3 is 4.90 Å². The van der Waals surface area contributed by atoms with E-state index in [0.717, 1.165) is 54.0 Å². The van der Waals surface area contributed by atoms with Crippen LogP contribution < -0.4 is 0 Å². The molecule has 0 atom stereocenters. The molecule has 1 aliphatic rings. The number of carbonyl (C=O) groups excluding carboxylic acids is 1. The molecule has 1 amide bonds. The van der Waals surface area contributed by atoms with Crippen LogP contribution in [0, 0.1) is 6.92 Å². The lowest BCUT2D eigenvalue weighted by molar-refractivity contribution is 0.0451. The zero-order valence-electron chi connectivity index (χ0n) is 17.1. The lowest BCUT2D eigenvalue weighted by atomic mass is 10.0. The van der Waals surface area contributed by atoms with Crippen molar-refractivity contribution in [3.63, 3.8) is 0 Å². The number of benzene rings is 2. The molecule has 0 N–H and O–H groups in total. The van der Waals surface area contributed by atoms with Gasteiger partial charge in [-0.05, 0) is 58.0 Å². The molecule has 5 nitrogen and oxygen atoms in total. The molecule has 146 valence electrons. The number of carbonyl (C=O) groups is 1. The standard InChI is InChI=1S/C23H28N4O/c1-17-20-7-5-6-8-21(20)27(24-17)19-11-9-18(10-12-19)22(28)25-13-15-26(16-14-25)23(2,3)4/h5-12H,13-16H2,1-4H3. The van der Waals surface area contributed by atoms with Crippen LogP contribution in [-0.4, -0.2) is 57.2 Å². The Morgan fingerprint density at radius 3 is 2.21 bits per heavy atom. The molecule has 1 saturated heterocycles. The Hall–Kier alpha value is -2.66. The van der Waals surface area contributed by atoms with Gasteiger partial charge in [0, 0.05) is 42.7 Å². The molecule has 2 aromatic carbocycles.